The molecule has 1 fully saturated rings. The molecule has 6 nitrogen and oxygen atoms in total. The highest BCUT2D eigenvalue weighted by molar-refractivity contribution is 7.89. The third-order valence-electron chi connectivity index (χ3n) is 4.44. The van der Waals surface area contributed by atoms with E-state index in [1.807, 2.05) is 12.1 Å². The molecule has 126 valence electrons. The highest BCUT2D eigenvalue weighted by Gasteiger charge is 2.27. The summed E-state index contributed by atoms with van der Waals surface area (Å²) in [6, 6.07) is 5.97. The minimum Gasteiger partial charge on any atom is -0.490 e. The van der Waals surface area contributed by atoms with Gasteiger partial charge in [-0.2, -0.15) is 0 Å². The van der Waals surface area contributed by atoms with E-state index < -0.39 is 10.0 Å². The van der Waals surface area contributed by atoms with Crippen LogP contribution in [0.4, 0.5) is 0 Å². The largest absolute Gasteiger partial charge is 0.490 e. The van der Waals surface area contributed by atoms with E-state index in [4.69, 9.17) is 10.5 Å². The molecule has 0 spiro atoms. The van der Waals surface area contributed by atoms with Gasteiger partial charge in [0.2, 0.25) is 0 Å². The molecule has 2 aliphatic heterocycles. The van der Waals surface area contributed by atoms with Gasteiger partial charge in [0.1, 0.15) is 17.7 Å². The lowest BCUT2D eigenvalue weighted by molar-refractivity contribution is 0.0841. The molecule has 1 aromatic carbocycles. The van der Waals surface area contributed by atoms with E-state index in [-0.39, 0.29) is 17.7 Å². The topological polar surface area (TPSA) is 85.0 Å². The van der Waals surface area contributed by atoms with Crippen molar-refractivity contribution in [2.45, 2.75) is 44.6 Å². The van der Waals surface area contributed by atoms with Crippen molar-refractivity contribution in [3.8, 4) is 5.75 Å². The molecule has 0 aromatic heterocycles. The van der Waals surface area contributed by atoms with Gasteiger partial charge >= 0.3 is 0 Å². The third-order valence-corrected chi connectivity index (χ3v) is 5.60. The summed E-state index contributed by atoms with van der Waals surface area (Å²) in [5.41, 5.74) is 7.17. The number of amidine groups is 1. The van der Waals surface area contributed by atoms with Gasteiger partial charge in [-0.3, -0.25) is 0 Å². The average Bonchev–Trinajstić information content (AvgIpc) is 2.46. The van der Waals surface area contributed by atoms with Crippen molar-refractivity contribution in [1.82, 2.24) is 4.90 Å². The molecule has 2 aliphatic rings. The number of hydrogen-bond donors (Lipinski definition) is 1. The average molecular weight is 337 g/mol. The van der Waals surface area contributed by atoms with Crippen molar-refractivity contribution in [2.75, 3.05) is 13.1 Å². The smallest absolute Gasteiger partial charge is 0.259 e. The molecule has 0 unspecified atom stereocenters. The van der Waals surface area contributed by atoms with E-state index in [1.54, 1.807) is 6.07 Å². The zero-order chi connectivity index (χ0) is 16.6. The molecule has 0 radical (unpaired) electrons. The van der Waals surface area contributed by atoms with Crippen molar-refractivity contribution in [2.24, 2.45) is 10.1 Å². The van der Waals surface area contributed by atoms with E-state index in [1.165, 1.54) is 0 Å². The van der Waals surface area contributed by atoms with Crippen molar-refractivity contribution < 1.29 is 13.2 Å². The Morgan fingerprint density at radius 2 is 2.00 bits per heavy atom. The number of rotatable bonds is 3. The standard InChI is InChI=1S/C16H23N3O3S/c1-11(2)19-8-6-13(7-9-19)22-14-5-3-4-12-10-23(20,21)18-16(17)15(12)14/h3-5,11,13H,6-10H2,1-2H3,(H2,17,18). The lowest BCUT2D eigenvalue weighted by Gasteiger charge is -2.35. The first kappa shape index (κ1) is 16.3. The maximum atomic E-state index is 11.7. The summed E-state index contributed by atoms with van der Waals surface area (Å²) in [5, 5.41) is 0. The number of nitrogens with zero attached hydrogens (tertiary/aromatic N) is 2. The summed E-state index contributed by atoms with van der Waals surface area (Å²) < 4.78 is 33.2. The van der Waals surface area contributed by atoms with E-state index in [9.17, 15) is 8.42 Å². The molecule has 7 heteroatoms. The van der Waals surface area contributed by atoms with Gasteiger partial charge in [0.25, 0.3) is 10.0 Å². The Balaban J connectivity index is 1.78. The predicted octanol–water partition coefficient (Wildman–Crippen LogP) is 1.49. The zero-order valence-corrected chi connectivity index (χ0v) is 14.3. The van der Waals surface area contributed by atoms with Gasteiger partial charge in [0.15, 0.2) is 0 Å². The normalized spacial score (nSPS) is 21.8. The van der Waals surface area contributed by atoms with Crippen LogP contribution in [0.2, 0.25) is 0 Å². The molecule has 23 heavy (non-hydrogen) atoms. The lowest BCUT2D eigenvalue weighted by Crippen LogP contribution is -2.42. The number of benzene rings is 1. The highest BCUT2D eigenvalue weighted by Crippen LogP contribution is 2.30. The minimum atomic E-state index is -3.51. The SMILES string of the molecule is CC(C)N1CCC(Oc2cccc3c2C(N)=NS(=O)(=O)C3)CC1. The van der Waals surface area contributed by atoms with Gasteiger partial charge in [-0.15, -0.1) is 4.40 Å². The maximum absolute atomic E-state index is 11.7. The Bertz CT molecular complexity index is 720. The summed E-state index contributed by atoms with van der Waals surface area (Å²) in [7, 11) is -3.51. The first-order valence-electron chi connectivity index (χ1n) is 7.97. The molecule has 0 amide bonds. The second kappa shape index (κ2) is 6.13. The van der Waals surface area contributed by atoms with E-state index in [0.717, 1.165) is 25.9 Å². The summed E-state index contributed by atoms with van der Waals surface area (Å²) in [4.78, 5) is 2.43. The van der Waals surface area contributed by atoms with Crippen LogP contribution in [0, 0.1) is 0 Å². The van der Waals surface area contributed by atoms with Crippen LogP contribution in [0.25, 0.3) is 0 Å². The second-order valence-electron chi connectivity index (χ2n) is 6.44. The Kier molecular flexibility index (Phi) is 4.33. The quantitative estimate of drug-likeness (QED) is 0.903. The van der Waals surface area contributed by atoms with E-state index in [0.29, 0.717) is 22.9 Å². The Hall–Kier alpha value is -1.60. The number of nitrogens with two attached hydrogens (primary N) is 1. The number of fused-ring (bicyclic) bond motifs is 1. The Morgan fingerprint density at radius 3 is 2.65 bits per heavy atom. The fourth-order valence-electron chi connectivity index (χ4n) is 3.20. The molecule has 3 rings (SSSR count). The fourth-order valence-corrected chi connectivity index (χ4v) is 4.29. The minimum absolute atomic E-state index is 0.0291. The number of likely N-dealkylation sites (tertiary alicyclic amines) is 1. The number of piperidine rings is 1. The fraction of sp³-hybridized carbons (Fsp3) is 0.562. The van der Waals surface area contributed by atoms with Crippen LogP contribution in [0.1, 0.15) is 37.8 Å². The zero-order valence-electron chi connectivity index (χ0n) is 13.5. The number of ether oxygens (including phenoxy) is 1. The highest BCUT2D eigenvalue weighted by atomic mass is 32.2. The molecule has 0 bridgehead atoms. The van der Waals surface area contributed by atoms with Crippen LogP contribution >= 0.6 is 0 Å². The molecule has 2 heterocycles. The van der Waals surface area contributed by atoms with Crippen LogP contribution in [0.15, 0.2) is 22.6 Å². The summed E-state index contributed by atoms with van der Waals surface area (Å²) in [6.07, 6.45) is 2.04. The lowest BCUT2D eigenvalue weighted by atomic mass is 10.0. The molecule has 2 N–H and O–H groups in total. The van der Waals surface area contributed by atoms with Crippen LogP contribution in [-0.2, 0) is 15.8 Å². The van der Waals surface area contributed by atoms with Gasteiger partial charge in [-0.1, -0.05) is 12.1 Å². The van der Waals surface area contributed by atoms with Crippen molar-refractivity contribution in [3.05, 3.63) is 29.3 Å². The summed E-state index contributed by atoms with van der Waals surface area (Å²) in [5.74, 6) is 0.551. The van der Waals surface area contributed by atoms with Crippen LogP contribution in [0.5, 0.6) is 5.75 Å². The molecule has 1 aromatic rings. The summed E-state index contributed by atoms with van der Waals surface area (Å²) >= 11 is 0. The second-order valence-corrected chi connectivity index (χ2v) is 8.08. The van der Waals surface area contributed by atoms with Gasteiger partial charge in [-0.25, -0.2) is 8.42 Å². The van der Waals surface area contributed by atoms with Crippen LogP contribution < -0.4 is 10.5 Å². The first-order valence-corrected chi connectivity index (χ1v) is 9.58. The molecule has 0 aliphatic carbocycles. The third kappa shape index (κ3) is 3.50. The Morgan fingerprint density at radius 1 is 1.30 bits per heavy atom. The summed E-state index contributed by atoms with van der Waals surface area (Å²) in [6.45, 7) is 6.42. The Labute approximate surface area is 137 Å². The number of hydrogen-bond acceptors (Lipinski definition) is 5. The molecule has 1 saturated heterocycles. The van der Waals surface area contributed by atoms with Gasteiger partial charge in [0.05, 0.1) is 11.3 Å². The van der Waals surface area contributed by atoms with Gasteiger partial charge in [-0.05, 0) is 38.3 Å². The molecular formula is C16H23N3O3S. The van der Waals surface area contributed by atoms with Gasteiger partial charge < -0.3 is 15.4 Å². The van der Waals surface area contributed by atoms with Crippen LogP contribution in [-0.4, -0.2) is 44.4 Å². The van der Waals surface area contributed by atoms with Crippen molar-refractivity contribution in [1.29, 1.82) is 0 Å². The maximum Gasteiger partial charge on any atom is 0.259 e. The molecular weight excluding hydrogens is 314 g/mol. The monoisotopic (exact) mass is 337 g/mol. The number of sulfonamides is 1. The van der Waals surface area contributed by atoms with Crippen molar-refractivity contribution in [3.63, 3.8) is 0 Å². The molecule has 0 saturated carbocycles. The predicted molar refractivity (Wildman–Crippen MR) is 90.1 cm³/mol. The van der Waals surface area contributed by atoms with Gasteiger partial charge in [0, 0.05) is 19.1 Å². The van der Waals surface area contributed by atoms with Crippen molar-refractivity contribution >= 4 is 15.9 Å². The van der Waals surface area contributed by atoms with E-state index >= 15 is 0 Å². The first-order chi connectivity index (χ1) is 10.9. The molecule has 0 atom stereocenters. The van der Waals surface area contributed by atoms with E-state index in [2.05, 4.69) is 23.1 Å². The van der Waals surface area contributed by atoms with Crippen LogP contribution in [0.3, 0.4) is 0 Å².